The Hall–Kier alpha value is -1.33. The first-order valence-electron chi connectivity index (χ1n) is 8.37. The smallest absolute Gasteiger partial charge is 0.481 e. The summed E-state index contributed by atoms with van der Waals surface area (Å²) in [4.78, 5) is 10.9. The molecule has 0 aromatic heterocycles. The van der Waals surface area contributed by atoms with Crippen molar-refractivity contribution in [3.63, 3.8) is 0 Å². The van der Waals surface area contributed by atoms with Crippen LogP contribution < -0.4 is 5.46 Å². The molecule has 23 heavy (non-hydrogen) atoms. The van der Waals surface area contributed by atoms with E-state index < -0.39 is 5.97 Å². The summed E-state index contributed by atoms with van der Waals surface area (Å²) >= 11 is 0. The van der Waals surface area contributed by atoms with Crippen molar-refractivity contribution >= 4 is 18.6 Å². The first-order valence-corrected chi connectivity index (χ1v) is 8.37. The van der Waals surface area contributed by atoms with Crippen molar-refractivity contribution in [2.75, 3.05) is 0 Å². The maximum atomic E-state index is 10.9. The summed E-state index contributed by atoms with van der Waals surface area (Å²) in [6.07, 6.45) is 2.71. The molecule has 1 heterocycles. The fourth-order valence-electron chi connectivity index (χ4n) is 3.04. The van der Waals surface area contributed by atoms with E-state index in [-0.39, 0.29) is 24.2 Å². The van der Waals surface area contributed by atoms with Gasteiger partial charge in [0.05, 0.1) is 17.1 Å². The van der Waals surface area contributed by atoms with E-state index in [4.69, 9.17) is 14.4 Å². The highest BCUT2D eigenvalue weighted by Gasteiger charge is 2.51. The van der Waals surface area contributed by atoms with Crippen LogP contribution >= 0.6 is 0 Å². The average Bonchev–Trinajstić information content (AvgIpc) is 3.20. The Kier molecular flexibility index (Phi) is 4.05. The van der Waals surface area contributed by atoms with Gasteiger partial charge in [0.1, 0.15) is 0 Å². The largest absolute Gasteiger partial charge is 0.494 e. The molecule has 1 aliphatic carbocycles. The van der Waals surface area contributed by atoms with Crippen molar-refractivity contribution in [3.8, 4) is 0 Å². The summed E-state index contributed by atoms with van der Waals surface area (Å²) in [7, 11) is -0.325. The van der Waals surface area contributed by atoms with Crippen molar-refractivity contribution < 1.29 is 19.2 Å². The van der Waals surface area contributed by atoms with E-state index in [2.05, 4.69) is 52.0 Å². The number of rotatable bonds is 5. The molecular formula is C18H25BO4. The molecule has 2 unspecified atom stereocenters. The molecule has 0 spiro atoms. The monoisotopic (exact) mass is 316 g/mol. The Balaban J connectivity index is 1.57. The number of hydrogen-bond acceptors (Lipinski definition) is 3. The maximum Gasteiger partial charge on any atom is 0.494 e. The van der Waals surface area contributed by atoms with Crippen LogP contribution in [0.15, 0.2) is 24.3 Å². The second kappa shape index (κ2) is 5.64. The Labute approximate surface area is 138 Å². The third kappa shape index (κ3) is 3.31. The topological polar surface area (TPSA) is 55.8 Å². The first kappa shape index (κ1) is 16.5. The molecule has 2 aliphatic rings. The lowest BCUT2D eigenvalue weighted by Crippen LogP contribution is -2.41. The minimum absolute atomic E-state index is 0.112. The van der Waals surface area contributed by atoms with Crippen molar-refractivity contribution in [1.29, 1.82) is 0 Å². The standard InChI is InChI=1S/C18H25BO4/c1-17(2)18(3,4)23-19(22-17)14-9-6-12(7-10-14)5-8-13-11-15(13)16(20)21/h6-7,9-10,13,15H,5,8,11H2,1-4H3,(H,20,21). The Morgan fingerprint density at radius 1 is 1.17 bits per heavy atom. The minimum Gasteiger partial charge on any atom is -0.481 e. The molecular weight excluding hydrogens is 291 g/mol. The van der Waals surface area contributed by atoms with Crippen LogP contribution in [0.4, 0.5) is 0 Å². The number of aryl methyl sites for hydroxylation is 1. The summed E-state index contributed by atoms with van der Waals surface area (Å²) in [5, 5.41) is 8.94. The molecule has 0 amide bonds. The van der Waals surface area contributed by atoms with Gasteiger partial charge in [0.25, 0.3) is 0 Å². The Bertz CT molecular complexity index is 578. The highest BCUT2D eigenvalue weighted by Crippen LogP contribution is 2.42. The van der Waals surface area contributed by atoms with E-state index in [1.807, 2.05) is 0 Å². The predicted octanol–water partition coefficient (Wildman–Crippen LogP) is 2.64. The summed E-state index contributed by atoms with van der Waals surface area (Å²) in [5.41, 5.74) is 1.62. The van der Waals surface area contributed by atoms with Gasteiger partial charge in [0, 0.05) is 0 Å². The molecule has 1 saturated heterocycles. The lowest BCUT2D eigenvalue weighted by molar-refractivity contribution is -0.138. The molecule has 3 rings (SSSR count). The molecule has 1 saturated carbocycles. The zero-order valence-electron chi connectivity index (χ0n) is 14.3. The quantitative estimate of drug-likeness (QED) is 0.849. The predicted molar refractivity (Wildman–Crippen MR) is 89.7 cm³/mol. The van der Waals surface area contributed by atoms with Crippen molar-refractivity contribution in [1.82, 2.24) is 0 Å². The minimum atomic E-state index is -0.647. The van der Waals surface area contributed by atoms with Gasteiger partial charge in [0.15, 0.2) is 0 Å². The highest BCUT2D eigenvalue weighted by atomic mass is 16.7. The molecule has 124 valence electrons. The van der Waals surface area contributed by atoms with Crippen LogP contribution in [0.25, 0.3) is 0 Å². The lowest BCUT2D eigenvalue weighted by Gasteiger charge is -2.32. The van der Waals surface area contributed by atoms with Gasteiger partial charge < -0.3 is 14.4 Å². The van der Waals surface area contributed by atoms with E-state index in [0.717, 1.165) is 24.7 Å². The number of carbonyl (C=O) groups is 1. The molecule has 1 aliphatic heterocycles. The summed E-state index contributed by atoms with van der Waals surface area (Å²) in [6.45, 7) is 8.21. The van der Waals surface area contributed by atoms with E-state index in [1.54, 1.807) is 0 Å². The number of aliphatic carboxylic acids is 1. The molecule has 1 aromatic carbocycles. The van der Waals surface area contributed by atoms with Gasteiger partial charge >= 0.3 is 13.1 Å². The number of hydrogen-bond donors (Lipinski definition) is 1. The normalized spacial score (nSPS) is 27.9. The highest BCUT2D eigenvalue weighted by molar-refractivity contribution is 6.62. The first-order chi connectivity index (χ1) is 10.7. The van der Waals surface area contributed by atoms with Gasteiger partial charge in [-0.25, -0.2) is 0 Å². The van der Waals surface area contributed by atoms with E-state index >= 15 is 0 Å². The average molecular weight is 316 g/mol. The van der Waals surface area contributed by atoms with Gasteiger partial charge in [-0.3, -0.25) is 4.79 Å². The summed E-state index contributed by atoms with van der Waals surface area (Å²) in [5.74, 6) is -0.402. The van der Waals surface area contributed by atoms with E-state index in [1.165, 1.54) is 5.56 Å². The number of benzene rings is 1. The molecule has 0 bridgehead atoms. The third-order valence-corrected chi connectivity index (χ3v) is 5.55. The SMILES string of the molecule is CC1(C)OB(c2ccc(CCC3CC3C(=O)O)cc2)OC1(C)C. The van der Waals surface area contributed by atoms with E-state index in [9.17, 15) is 4.79 Å². The third-order valence-electron chi connectivity index (χ3n) is 5.55. The fraction of sp³-hybridized carbons (Fsp3) is 0.611. The molecule has 0 radical (unpaired) electrons. The number of carboxylic acids is 1. The van der Waals surface area contributed by atoms with Crippen LogP contribution in [0.5, 0.6) is 0 Å². The zero-order chi connectivity index (χ0) is 16.8. The van der Waals surface area contributed by atoms with Crippen molar-refractivity contribution in [2.24, 2.45) is 11.8 Å². The van der Waals surface area contributed by atoms with Crippen molar-refractivity contribution in [3.05, 3.63) is 29.8 Å². The van der Waals surface area contributed by atoms with Crippen LogP contribution in [0.1, 0.15) is 46.1 Å². The fourth-order valence-corrected chi connectivity index (χ4v) is 3.04. The van der Waals surface area contributed by atoms with Gasteiger partial charge in [-0.2, -0.15) is 0 Å². The lowest BCUT2D eigenvalue weighted by atomic mass is 9.78. The zero-order valence-corrected chi connectivity index (χ0v) is 14.3. The molecule has 2 atom stereocenters. The van der Waals surface area contributed by atoms with Crippen molar-refractivity contribution in [2.45, 2.75) is 58.2 Å². The molecule has 1 N–H and O–H groups in total. The van der Waals surface area contributed by atoms with E-state index in [0.29, 0.717) is 5.92 Å². The van der Waals surface area contributed by atoms with Gasteiger partial charge in [0.2, 0.25) is 0 Å². The van der Waals surface area contributed by atoms with Gasteiger partial charge in [-0.05, 0) is 63.9 Å². The summed E-state index contributed by atoms with van der Waals surface area (Å²) < 4.78 is 12.1. The second-order valence-corrected chi connectivity index (χ2v) is 7.81. The molecule has 4 nitrogen and oxygen atoms in total. The van der Waals surface area contributed by atoms with Crippen LogP contribution in [0.2, 0.25) is 0 Å². The van der Waals surface area contributed by atoms with Crippen LogP contribution in [-0.4, -0.2) is 29.4 Å². The maximum absolute atomic E-state index is 10.9. The van der Waals surface area contributed by atoms with Gasteiger partial charge in [-0.15, -0.1) is 0 Å². The van der Waals surface area contributed by atoms with Crippen LogP contribution in [0.3, 0.4) is 0 Å². The second-order valence-electron chi connectivity index (χ2n) is 7.81. The Morgan fingerprint density at radius 3 is 2.22 bits per heavy atom. The van der Waals surface area contributed by atoms with Gasteiger partial charge in [-0.1, -0.05) is 24.3 Å². The molecule has 5 heteroatoms. The summed E-state index contributed by atoms with van der Waals surface area (Å²) in [6, 6.07) is 8.30. The van der Waals surface area contributed by atoms with Crippen LogP contribution in [-0.2, 0) is 20.5 Å². The molecule has 2 fully saturated rings. The van der Waals surface area contributed by atoms with Crippen LogP contribution in [0, 0.1) is 11.8 Å². The Morgan fingerprint density at radius 2 is 1.74 bits per heavy atom. The molecule has 1 aromatic rings. The number of carboxylic acid groups (broad SMARTS) is 1.